The van der Waals surface area contributed by atoms with Crippen LogP contribution < -0.4 is 10.6 Å². The fourth-order valence-corrected chi connectivity index (χ4v) is 2.69. The van der Waals surface area contributed by atoms with Crippen LogP contribution in [0.25, 0.3) is 0 Å². The Morgan fingerprint density at radius 1 is 1.41 bits per heavy atom. The molecule has 1 aromatic heterocycles. The first kappa shape index (κ1) is 14.9. The fraction of sp³-hybridized carbons (Fsp3) is 0.545. The SMILES string of the molecule is COCCN(CCCN)c1ncc(Br)cc1Br. The van der Waals surface area contributed by atoms with Gasteiger partial charge in [0.25, 0.3) is 0 Å². The van der Waals surface area contributed by atoms with E-state index < -0.39 is 0 Å². The second-order valence-corrected chi connectivity index (χ2v) is 5.35. The Balaban J connectivity index is 2.79. The van der Waals surface area contributed by atoms with Crippen LogP contribution >= 0.6 is 31.9 Å². The van der Waals surface area contributed by atoms with Gasteiger partial charge in [0.15, 0.2) is 0 Å². The number of pyridine rings is 1. The van der Waals surface area contributed by atoms with Crippen molar-refractivity contribution in [3.05, 3.63) is 21.2 Å². The monoisotopic (exact) mass is 365 g/mol. The Bertz CT molecular complexity index is 341. The third-order valence-corrected chi connectivity index (χ3v) is 3.30. The van der Waals surface area contributed by atoms with Gasteiger partial charge in [-0.05, 0) is 50.9 Å². The maximum absolute atomic E-state index is 5.55. The minimum atomic E-state index is 0.675. The lowest BCUT2D eigenvalue weighted by Crippen LogP contribution is -2.30. The molecule has 0 bridgehead atoms. The molecule has 0 unspecified atom stereocenters. The van der Waals surface area contributed by atoms with Gasteiger partial charge in [-0.3, -0.25) is 0 Å². The predicted molar refractivity (Wildman–Crippen MR) is 77.4 cm³/mol. The maximum atomic E-state index is 5.55. The molecule has 0 fully saturated rings. The molecule has 6 heteroatoms. The molecule has 1 rings (SSSR count). The molecule has 0 aliphatic heterocycles. The van der Waals surface area contributed by atoms with Crippen LogP contribution in [0.4, 0.5) is 5.82 Å². The van der Waals surface area contributed by atoms with Gasteiger partial charge in [-0.25, -0.2) is 4.98 Å². The van der Waals surface area contributed by atoms with E-state index in [1.54, 1.807) is 13.3 Å². The lowest BCUT2D eigenvalue weighted by atomic mass is 10.3. The molecule has 1 aromatic rings. The van der Waals surface area contributed by atoms with E-state index in [-0.39, 0.29) is 0 Å². The molecule has 1 heterocycles. The summed E-state index contributed by atoms with van der Waals surface area (Å²) in [6.45, 7) is 3.04. The molecule has 0 saturated heterocycles. The van der Waals surface area contributed by atoms with E-state index >= 15 is 0 Å². The molecule has 17 heavy (non-hydrogen) atoms. The Labute approximate surface area is 119 Å². The van der Waals surface area contributed by atoms with Crippen molar-refractivity contribution in [3.63, 3.8) is 0 Å². The quantitative estimate of drug-likeness (QED) is 0.805. The van der Waals surface area contributed by atoms with Crippen LogP contribution in [0, 0.1) is 0 Å². The molecule has 0 radical (unpaired) electrons. The largest absolute Gasteiger partial charge is 0.383 e. The summed E-state index contributed by atoms with van der Waals surface area (Å²) in [5, 5.41) is 0. The summed E-state index contributed by atoms with van der Waals surface area (Å²) in [6.07, 6.45) is 2.73. The highest BCUT2D eigenvalue weighted by Gasteiger charge is 2.11. The van der Waals surface area contributed by atoms with E-state index in [9.17, 15) is 0 Å². The smallest absolute Gasteiger partial charge is 0.143 e. The highest BCUT2D eigenvalue weighted by molar-refractivity contribution is 9.11. The number of aromatic nitrogens is 1. The number of nitrogens with zero attached hydrogens (tertiary/aromatic N) is 2. The zero-order chi connectivity index (χ0) is 12.7. The number of hydrogen-bond acceptors (Lipinski definition) is 4. The Hall–Kier alpha value is -0.170. The molecular weight excluding hydrogens is 350 g/mol. The zero-order valence-corrected chi connectivity index (χ0v) is 13.0. The van der Waals surface area contributed by atoms with Crippen molar-refractivity contribution in [1.82, 2.24) is 4.98 Å². The van der Waals surface area contributed by atoms with Crippen molar-refractivity contribution in [2.24, 2.45) is 5.73 Å². The first-order valence-electron chi connectivity index (χ1n) is 5.44. The van der Waals surface area contributed by atoms with Crippen LogP contribution in [0.1, 0.15) is 6.42 Å². The number of rotatable bonds is 7. The molecule has 0 aliphatic rings. The van der Waals surface area contributed by atoms with Crippen molar-refractivity contribution < 1.29 is 4.74 Å². The van der Waals surface area contributed by atoms with Gasteiger partial charge < -0.3 is 15.4 Å². The number of methoxy groups -OCH3 is 1. The van der Waals surface area contributed by atoms with Crippen LogP contribution in [0.15, 0.2) is 21.2 Å². The maximum Gasteiger partial charge on any atom is 0.143 e. The Kier molecular flexibility index (Phi) is 7.03. The molecule has 0 aromatic carbocycles. The van der Waals surface area contributed by atoms with E-state index in [2.05, 4.69) is 41.7 Å². The van der Waals surface area contributed by atoms with Gasteiger partial charge in [-0.15, -0.1) is 0 Å². The van der Waals surface area contributed by atoms with Gasteiger partial charge in [0.2, 0.25) is 0 Å². The summed E-state index contributed by atoms with van der Waals surface area (Å²) in [7, 11) is 1.70. The summed E-state index contributed by atoms with van der Waals surface area (Å²) >= 11 is 6.92. The normalized spacial score (nSPS) is 10.6. The lowest BCUT2D eigenvalue weighted by molar-refractivity contribution is 0.205. The Morgan fingerprint density at radius 2 is 2.18 bits per heavy atom. The fourth-order valence-electron chi connectivity index (χ4n) is 1.45. The highest BCUT2D eigenvalue weighted by Crippen LogP contribution is 2.26. The van der Waals surface area contributed by atoms with E-state index in [4.69, 9.17) is 10.5 Å². The van der Waals surface area contributed by atoms with Crippen LogP contribution in [0.3, 0.4) is 0 Å². The summed E-state index contributed by atoms with van der Waals surface area (Å²) < 4.78 is 7.04. The van der Waals surface area contributed by atoms with Crippen LogP contribution in [0.2, 0.25) is 0 Å². The van der Waals surface area contributed by atoms with Gasteiger partial charge >= 0.3 is 0 Å². The molecule has 0 aliphatic carbocycles. The molecule has 4 nitrogen and oxygen atoms in total. The van der Waals surface area contributed by atoms with Gasteiger partial charge in [0.1, 0.15) is 5.82 Å². The molecular formula is C11H17Br2N3O. The number of nitrogens with two attached hydrogens (primary N) is 1. The zero-order valence-electron chi connectivity index (χ0n) is 9.83. The van der Waals surface area contributed by atoms with E-state index in [1.165, 1.54) is 0 Å². The summed E-state index contributed by atoms with van der Waals surface area (Å²) in [5.41, 5.74) is 5.55. The van der Waals surface area contributed by atoms with Gasteiger partial charge in [-0.1, -0.05) is 0 Å². The first-order chi connectivity index (χ1) is 8.19. The number of halogens is 2. The third-order valence-electron chi connectivity index (χ3n) is 2.29. The molecule has 0 spiro atoms. The van der Waals surface area contributed by atoms with E-state index in [0.717, 1.165) is 34.3 Å². The van der Waals surface area contributed by atoms with Crippen molar-refractivity contribution in [2.75, 3.05) is 38.3 Å². The summed E-state index contributed by atoms with van der Waals surface area (Å²) in [6, 6.07) is 1.99. The lowest BCUT2D eigenvalue weighted by Gasteiger charge is -2.24. The average molecular weight is 367 g/mol. The number of ether oxygens (including phenoxy) is 1. The van der Waals surface area contributed by atoms with Crippen LogP contribution in [-0.2, 0) is 4.74 Å². The van der Waals surface area contributed by atoms with Crippen molar-refractivity contribution in [3.8, 4) is 0 Å². The Morgan fingerprint density at radius 3 is 2.76 bits per heavy atom. The predicted octanol–water partition coefficient (Wildman–Crippen LogP) is 2.41. The van der Waals surface area contributed by atoms with E-state index in [0.29, 0.717) is 13.2 Å². The minimum absolute atomic E-state index is 0.675. The molecule has 0 saturated carbocycles. The molecule has 0 amide bonds. The van der Waals surface area contributed by atoms with Crippen molar-refractivity contribution in [2.45, 2.75) is 6.42 Å². The second-order valence-electron chi connectivity index (χ2n) is 3.58. The number of hydrogen-bond donors (Lipinski definition) is 1. The molecule has 96 valence electrons. The van der Waals surface area contributed by atoms with Gasteiger partial charge in [0.05, 0.1) is 11.1 Å². The van der Waals surface area contributed by atoms with Crippen molar-refractivity contribution in [1.29, 1.82) is 0 Å². The van der Waals surface area contributed by atoms with Gasteiger partial charge in [0, 0.05) is 30.9 Å². The third kappa shape index (κ3) is 4.91. The van der Waals surface area contributed by atoms with Crippen molar-refractivity contribution >= 4 is 37.7 Å². The van der Waals surface area contributed by atoms with E-state index in [1.807, 2.05) is 6.07 Å². The second kappa shape index (κ2) is 8.02. The number of anilines is 1. The molecule has 0 atom stereocenters. The van der Waals surface area contributed by atoms with Crippen LogP contribution in [-0.4, -0.2) is 38.3 Å². The summed E-state index contributed by atoms with van der Waals surface area (Å²) in [4.78, 5) is 6.59. The topological polar surface area (TPSA) is 51.4 Å². The standard InChI is InChI=1S/C11H17Br2N3O/c1-17-6-5-16(4-2-3-14)11-10(13)7-9(12)8-15-11/h7-8H,2-6,14H2,1H3. The van der Waals surface area contributed by atoms with Gasteiger partial charge in [-0.2, -0.15) is 0 Å². The first-order valence-corrected chi connectivity index (χ1v) is 7.02. The average Bonchev–Trinajstić information content (AvgIpc) is 2.30. The highest BCUT2D eigenvalue weighted by atomic mass is 79.9. The minimum Gasteiger partial charge on any atom is -0.383 e. The summed E-state index contributed by atoms with van der Waals surface area (Å²) in [5.74, 6) is 0.929. The van der Waals surface area contributed by atoms with Crippen LogP contribution in [0.5, 0.6) is 0 Å². The molecule has 2 N–H and O–H groups in total.